The monoisotopic (exact) mass is 343 g/mol. The summed E-state index contributed by atoms with van der Waals surface area (Å²) in [5.41, 5.74) is 13.5. The summed E-state index contributed by atoms with van der Waals surface area (Å²) in [5.74, 6) is -0.809. The van der Waals surface area contributed by atoms with Crippen molar-refractivity contribution in [2.45, 2.75) is 26.2 Å². The van der Waals surface area contributed by atoms with Gasteiger partial charge in [-0.15, -0.1) is 0 Å². The third-order valence-corrected chi connectivity index (χ3v) is 4.73. The van der Waals surface area contributed by atoms with E-state index in [2.05, 4.69) is 0 Å². The molecule has 1 aromatic heterocycles. The van der Waals surface area contributed by atoms with Crippen molar-refractivity contribution < 1.29 is 14.6 Å². The van der Waals surface area contributed by atoms with Gasteiger partial charge in [-0.25, -0.2) is 0 Å². The van der Waals surface area contributed by atoms with Gasteiger partial charge in [0, 0.05) is 23.7 Å². The fourth-order valence-electron chi connectivity index (χ4n) is 3.31. The molecule has 1 atom stereocenters. The molecule has 0 spiro atoms. The molecular weight excluding hydrogens is 322 g/mol. The van der Waals surface area contributed by atoms with Crippen LogP contribution in [-0.2, 0) is 4.74 Å². The fourth-order valence-corrected chi connectivity index (χ4v) is 3.31. The number of hydrogen-bond acceptors (Lipinski definition) is 5. The second-order valence-electron chi connectivity index (χ2n) is 6.34. The van der Waals surface area contributed by atoms with Gasteiger partial charge in [0.2, 0.25) is 0 Å². The van der Waals surface area contributed by atoms with Gasteiger partial charge in [-0.2, -0.15) is 0 Å². The summed E-state index contributed by atoms with van der Waals surface area (Å²) in [6, 6.07) is 4.72. The van der Waals surface area contributed by atoms with E-state index in [0.29, 0.717) is 36.4 Å². The first-order chi connectivity index (χ1) is 11.8. The van der Waals surface area contributed by atoms with E-state index in [9.17, 15) is 14.7 Å². The zero-order valence-corrected chi connectivity index (χ0v) is 14.2. The zero-order valence-electron chi connectivity index (χ0n) is 14.2. The van der Waals surface area contributed by atoms with Crippen molar-refractivity contribution in [2.75, 3.05) is 18.9 Å². The highest BCUT2D eigenvalue weighted by atomic mass is 16.5. The SMILES string of the molecule is Cc1ccc(O)c(C)c1-n1c(N)c(C(N)=O)cc([C@H]2CCOC2)c1=O. The second kappa shape index (κ2) is 6.25. The minimum atomic E-state index is -0.707. The molecule has 1 aliphatic rings. The summed E-state index contributed by atoms with van der Waals surface area (Å²) < 4.78 is 6.65. The maximum atomic E-state index is 13.2. The molecule has 2 aromatic rings. The molecule has 7 nitrogen and oxygen atoms in total. The van der Waals surface area contributed by atoms with E-state index in [4.69, 9.17) is 16.2 Å². The number of phenols is 1. The van der Waals surface area contributed by atoms with Crippen LogP contribution in [0.3, 0.4) is 0 Å². The van der Waals surface area contributed by atoms with Crippen LogP contribution in [0, 0.1) is 13.8 Å². The molecule has 0 unspecified atom stereocenters. The van der Waals surface area contributed by atoms with Crippen LogP contribution in [-0.4, -0.2) is 28.8 Å². The third-order valence-electron chi connectivity index (χ3n) is 4.73. The first-order valence-electron chi connectivity index (χ1n) is 8.05. The van der Waals surface area contributed by atoms with Gasteiger partial charge in [-0.3, -0.25) is 14.2 Å². The van der Waals surface area contributed by atoms with Crippen LogP contribution in [0.1, 0.15) is 39.4 Å². The number of ether oxygens (including phenoxy) is 1. The normalized spacial score (nSPS) is 17.0. The number of rotatable bonds is 3. The molecule has 1 fully saturated rings. The highest BCUT2D eigenvalue weighted by Gasteiger charge is 2.26. The van der Waals surface area contributed by atoms with E-state index < -0.39 is 5.91 Å². The van der Waals surface area contributed by atoms with Gasteiger partial charge in [0.1, 0.15) is 11.6 Å². The van der Waals surface area contributed by atoms with Gasteiger partial charge < -0.3 is 21.3 Å². The predicted molar refractivity (Wildman–Crippen MR) is 94.3 cm³/mol. The number of nitrogen functional groups attached to an aromatic ring is 1. The van der Waals surface area contributed by atoms with E-state index in [1.165, 1.54) is 10.6 Å². The van der Waals surface area contributed by atoms with Crippen molar-refractivity contribution in [1.29, 1.82) is 0 Å². The number of hydrogen-bond donors (Lipinski definition) is 3. The van der Waals surface area contributed by atoms with Crippen molar-refractivity contribution in [3.63, 3.8) is 0 Å². The molecule has 132 valence electrons. The molecule has 0 bridgehead atoms. The Morgan fingerprint density at radius 2 is 2.08 bits per heavy atom. The summed E-state index contributed by atoms with van der Waals surface area (Å²) in [6.07, 6.45) is 0.690. The second-order valence-corrected chi connectivity index (χ2v) is 6.34. The molecule has 1 saturated heterocycles. The number of anilines is 1. The molecule has 1 aromatic carbocycles. The number of aromatic nitrogens is 1. The summed E-state index contributed by atoms with van der Waals surface area (Å²) in [6.45, 7) is 4.47. The molecule has 25 heavy (non-hydrogen) atoms. The first-order valence-corrected chi connectivity index (χ1v) is 8.05. The Balaban J connectivity index is 2.38. The van der Waals surface area contributed by atoms with Gasteiger partial charge in [0.15, 0.2) is 0 Å². The smallest absolute Gasteiger partial charge is 0.260 e. The molecule has 2 heterocycles. The molecule has 7 heteroatoms. The Morgan fingerprint density at radius 3 is 2.68 bits per heavy atom. The fraction of sp³-hybridized carbons (Fsp3) is 0.333. The summed E-state index contributed by atoms with van der Waals surface area (Å²) in [4.78, 5) is 25.0. The van der Waals surface area contributed by atoms with Gasteiger partial charge >= 0.3 is 0 Å². The van der Waals surface area contributed by atoms with Gasteiger partial charge in [-0.1, -0.05) is 6.07 Å². The zero-order chi connectivity index (χ0) is 18.3. The van der Waals surface area contributed by atoms with Gasteiger partial charge in [-0.05, 0) is 38.0 Å². The maximum absolute atomic E-state index is 13.2. The average Bonchev–Trinajstić information content (AvgIpc) is 3.08. The highest BCUT2D eigenvalue weighted by Crippen LogP contribution is 2.30. The van der Waals surface area contributed by atoms with E-state index in [1.807, 2.05) is 6.92 Å². The van der Waals surface area contributed by atoms with Crippen LogP contribution in [0.25, 0.3) is 5.69 Å². The number of nitrogens with two attached hydrogens (primary N) is 2. The number of carbonyl (C=O) groups is 1. The minimum absolute atomic E-state index is 0.0306. The number of benzene rings is 1. The van der Waals surface area contributed by atoms with Crippen LogP contribution in [0.15, 0.2) is 23.0 Å². The number of aryl methyl sites for hydroxylation is 1. The first kappa shape index (κ1) is 17.0. The Bertz CT molecular complexity index is 912. The number of amides is 1. The Hall–Kier alpha value is -2.80. The standard InChI is InChI=1S/C18H21N3O4/c1-9-3-4-14(22)10(2)15(9)21-16(19)13(17(20)23)7-12(18(21)24)11-5-6-25-8-11/h3-4,7,11,22H,5-6,8,19H2,1-2H3,(H2,20,23)/t11-/m0/s1. The molecular formula is C18H21N3O4. The summed E-state index contributed by atoms with van der Waals surface area (Å²) >= 11 is 0. The number of phenolic OH excluding ortho intramolecular Hbond substituents is 1. The lowest BCUT2D eigenvalue weighted by Crippen LogP contribution is -2.31. The van der Waals surface area contributed by atoms with Crippen LogP contribution < -0.4 is 17.0 Å². The lowest BCUT2D eigenvalue weighted by Gasteiger charge is -2.20. The lowest BCUT2D eigenvalue weighted by molar-refractivity contribution is 0.100. The van der Waals surface area contributed by atoms with Gasteiger partial charge in [0.05, 0.1) is 17.9 Å². The number of carbonyl (C=O) groups excluding carboxylic acids is 1. The van der Waals surface area contributed by atoms with Crippen LogP contribution in [0.2, 0.25) is 0 Å². The average molecular weight is 343 g/mol. The molecule has 0 aliphatic carbocycles. The molecule has 0 saturated carbocycles. The van der Waals surface area contributed by atoms with E-state index in [1.54, 1.807) is 19.1 Å². The number of pyridine rings is 1. The molecule has 3 rings (SSSR count). The van der Waals surface area contributed by atoms with Crippen LogP contribution >= 0.6 is 0 Å². The highest BCUT2D eigenvalue weighted by molar-refractivity contribution is 5.97. The van der Waals surface area contributed by atoms with E-state index >= 15 is 0 Å². The molecule has 1 aliphatic heterocycles. The summed E-state index contributed by atoms with van der Waals surface area (Å²) in [7, 11) is 0. The van der Waals surface area contributed by atoms with Crippen LogP contribution in [0.4, 0.5) is 5.82 Å². The number of aromatic hydroxyl groups is 1. The Kier molecular flexibility index (Phi) is 4.26. The topological polar surface area (TPSA) is 121 Å². The van der Waals surface area contributed by atoms with Crippen molar-refractivity contribution in [2.24, 2.45) is 5.73 Å². The molecule has 0 radical (unpaired) electrons. The lowest BCUT2D eigenvalue weighted by atomic mass is 9.97. The quantitative estimate of drug-likeness (QED) is 0.777. The van der Waals surface area contributed by atoms with E-state index in [-0.39, 0.29) is 28.6 Å². The van der Waals surface area contributed by atoms with Crippen molar-refractivity contribution in [3.05, 3.63) is 50.8 Å². The molecule has 5 N–H and O–H groups in total. The maximum Gasteiger partial charge on any atom is 0.260 e. The minimum Gasteiger partial charge on any atom is -0.508 e. The van der Waals surface area contributed by atoms with Gasteiger partial charge in [0.25, 0.3) is 11.5 Å². The van der Waals surface area contributed by atoms with Crippen molar-refractivity contribution in [3.8, 4) is 11.4 Å². The number of nitrogens with zero attached hydrogens (tertiary/aromatic N) is 1. The number of primary amides is 1. The van der Waals surface area contributed by atoms with Crippen LogP contribution in [0.5, 0.6) is 5.75 Å². The predicted octanol–water partition coefficient (Wildman–Crippen LogP) is 1.34. The molecule has 1 amide bonds. The Morgan fingerprint density at radius 1 is 1.36 bits per heavy atom. The summed E-state index contributed by atoms with van der Waals surface area (Å²) in [5, 5.41) is 10.1. The van der Waals surface area contributed by atoms with Crippen molar-refractivity contribution in [1.82, 2.24) is 4.57 Å². The van der Waals surface area contributed by atoms with E-state index in [0.717, 1.165) is 5.56 Å². The Labute approximate surface area is 144 Å². The van der Waals surface area contributed by atoms with Crippen molar-refractivity contribution >= 4 is 11.7 Å². The largest absolute Gasteiger partial charge is 0.508 e. The third kappa shape index (κ3) is 2.76.